The van der Waals surface area contributed by atoms with Gasteiger partial charge in [0.05, 0.1) is 12.8 Å². The van der Waals surface area contributed by atoms with Gasteiger partial charge in [-0.3, -0.25) is 4.79 Å². The van der Waals surface area contributed by atoms with Crippen molar-refractivity contribution in [2.45, 2.75) is 26.9 Å². The third-order valence-corrected chi connectivity index (χ3v) is 4.39. The Morgan fingerprint density at radius 3 is 2.43 bits per heavy atom. The van der Waals surface area contributed by atoms with Crippen molar-refractivity contribution in [3.8, 4) is 11.5 Å². The predicted molar refractivity (Wildman–Crippen MR) is 119 cm³/mol. The number of ether oxygens (including phenoxy) is 2. The first kappa shape index (κ1) is 21.1. The number of nitrogens with zero attached hydrogens (tertiary/aromatic N) is 1. The summed E-state index contributed by atoms with van der Waals surface area (Å²) in [7, 11) is 0. The summed E-state index contributed by atoms with van der Waals surface area (Å²) >= 11 is 0. The molecule has 1 N–H and O–H groups in total. The van der Waals surface area contributed by atoms with Gasteiger partial charge in [0.25, 0.3) is 5.91 Å². The topological polar surface area (TPSA) is 59.9 Å². The fraction of sp³-hybridized carbons (Fsp3) is 0.200. The molecular formula is C25H26N2O3. The van der Waals surface area contributed by atoms with Gasteiger partial charge in [-0.1, -0.05) is 48.9 Å². The van der Waals surface area contributed by atoms with Crippen molar-refractivity contribution in [2.24, 2.45) is 5.10 Å². The van der Waals surface area contributed by atoms with E-state index in [0.29, 0.717) is 24.5 Å². The van der Waals surface area contributed by atoms with Gasteiger partial charge in [-0.2, -0.15) is 5.10 Å². The molecule has 1 amide bonds. The first-order chi connectivity index (χ1) is 14.7. The predicted octanol–water partition coefficient (Wildman–Crippen LogP) is 5.13. The van der Waals surface area contributed by atoms with E-state index in [4.69, 9.17) is 9.47 Å². The molecule has 0 unspecified atom stereocenters. The van der Waals surface area contributed by atoms with E-state index in [9.17, 15) is 4.79 Å². The summed E-state index contributed by atoms with van der Waals surface area (Å²) in [4.78, 5) is 12.3. The molecule has 0 saturated carbocycles. The lowest BCUT2D eigenvalue weighted by Gasteiger charge is -2.09. The zero-order valence-corrected chi connectivity index (χ0v) is 17.3. The van der Waals surface area contributed by atoms with Crippen LogP contribution in [0.3, 0.4) is 0 Å². The summed E-state index contributed by atoms with van der Waals surface area (Å²) in [6, 6.07) is 22.8. The van der Waals surface area contributed by atoms with Crippen LogP contribution in [0.15, 0.2) is 77.9 Å². The third-order valence-electron chi connectivity index (χ3n) is 4.39. The van der Waals surface area contributed by atoms with Crippen molar-refractivity contribution in [3.05, 3.63) is 95.1 Å². The summed E-state index contributed by atoms with van der Waals surface area (Å²) in [6.45, 7) is 5.22. The molecule has 0 aromatic heterocycles. The Morgan fingerprint density at radius 2 is 1.70 bits per heavy atom. The first-order valence-electron chi connectivity index (χ1n) is 9.99. The third kappa shape index (κ3) is 6.21. The van der Waals surface area contributed by atoms with Gasteiger partial charge in [-0.15, -0.1) is 0 Å². The molecule has 0 atom stereocenters. The summed E-state index contributed by atoms with van der Waals surface area (Å²) in [5.41, 5.74) is 6.15. The van der Waals surface area contributed by atoms with Gasteiger partial charge in [0.2, 0.25) is 0 Å². The molecule has 154 valence electrons. The van der Waals surface area contributed by atoms with Gasteiger partial charge in [0.1, 0.15) is 18.1 Å². The Balaban J connectivity index is 1.58. The minimum atomic E-state index is -0.286. The zero-order valence-electron chi connectivity index (χ0n) is 17.3. The number of para-hydroxylation sites is 1. The molecular weight excluding hydrogens is 376 g/mol. The van der Waals surface area contributed by atoms with Crippen molar-refractivity contribution in [2.75, 3.05) is 6.61 Å². The molecule has 0 radical (unpaired) electrons. The highest BCUT2D eigenvalue weighted by atomic mass is 16.5. The van der Waals surface area contributed by atoms with Crippen LogP contribution in [0, 0.1) is 6.92 Å². The van der Waals surface area contributed by atoms with E-state index >= 15 is 0 Å². The van der Waals surface area contributed by atoms with Crippen LogP contribution in [0.4, 0.5) is 0 Å². The van der Waals surface area contributed by atoms with E-state index in [2.05, 4.69) is 29.6 Å². The second kappa shape index (κ2) is 10.8. The Morgan fingerprint density at radius 1 is 0.967 bits per heavy atom. The molecule has 3 aromatic rings. The van der Waals surface area contributed by atoms with Crippen molar-refractivity contribution in [1.29, 1.82) is 0 Å². The van der Waals surface area contributed by atoms with Crippen LogP contribution < -0.4 is 14.9 Å². The number of carbonyl (C=O) groups excluding carboxylic acids is 1. The van der Waals surface area contributed by atoms with Crippen LogP contribution in [0.25, 0.3) is 0 Å². The molecule has 0 aliphatic rings. The minimum absolute atomic E-state index is 0.286. The fourth-order valence-corrected chi connectivity index (χ4v) is 2.71. The number of carbonyl (C=O) groups is 1. The summed E-state index contributed by atoms with van der Waals surface area (Å²) in [5, 5.41) is 4.08. The number of nitrogens with one attached hydrogen (secondary N) is 1. The van der Waals surface area contributed by atoms with Gasteiger partial charge in [-0.25, -0.2) is 5.43 Å². The SMILES string of the molecule is CCCOc1ccc(C(=O)N/N=C/c2ccccc2OCc2ccc(C)cc2)cc1. The number of rotatable bonds is 9. The van der Waals surface area contributed by atoms with Crippen LogP contribution in [-0.2, 0) is 6.61 Å². The van der Waals surface area contributed by atoms with Gasteiger partial charge >= 0.3 is 0 Å². The number of aryl methyl sites for hydroxylation is 1. The molecule has 30 heavy (non-hydrogen) atoms. The fourth-order valence-electron chi connectivity index (χ4n) is 2.71. The Bertz CT molecular complexity index is 980. The van der Waals surface area contributed by atoms with E-state index in [1.54, 1.807) is 30.5 Å². The number of hydrogen-bond donors (Lipinski definition) is 1. The molecule has 0 saturated heterocycles. The standard InChI is InChI=1S/C25H26N2O3/c1-3-16-29-23-14-12-21(13-15-23)25(28)27-26-17-22-6-4-5-7-24(22)30-18-20-10-8-19(2)9-11-20/h4-15,17H,3,16,18H2,1-2H3,(H,27,28)/b26-17+. The maximum absolute atomic E-state index is 12.3. The van der Waals surface area contributed by atoms with E-state index in [1.807, 2.05) is 43.3 Å². The number of hydrogen-bond acceptors (Lipinski definition) is 4. The molecule has 0 aliphatic heterocycles. The Hall–Kier alpha value is -3.60. The van der Waals surface area contributed by atoms with Crippen molar-refractivity contribution in [3.63, 3.8) is 0 Å². The second-order valence-electron chi connectivity index (χ2n) is 6.88. The minimum Gasteiger partial charge on any atom is -0.494 e. The van der Waals surface area contributed by atoms with Crippen molar-refractivity contribution < 1.29 is 14.3 Å². The monoisotopic (exact) mass is 402 g/mol. The van der Waals surface area contributed by atoms with E-state index in [-0.39, 0.29) is 5.91 Å². The molecule has 0 heterocycles. The van der Waals surface area contributed by atoms with E-state index < -0.39 is 0 Å². The number of benzene rings is 3. The smallest absolute Gasteiger partial charge is 0.271 e. The number of hydrazone groups is 1. The highest BCUT2D eigenvalue weighted by Gasteiger charge is 2.05. The average molecular weight is 402 g/mol. The lowest BCUT2D eigenvalue weighted by atomic mass is 10.1. The highest BCUT2D eigenvalue weighted by Crippen LogP contribution is 2.18. The molecule has 3 rings (SSSR count). The van der Waals surface area contributed by atoms with Crippen molar-refractivity contribution in [1.82, 2.24) is 5.43 Å². The van der Waals surface area contributed by atoms with Crippen LogP contribution >= 0.6 is 0 Å². The quantitative estimate of drug-likeness (QED) is 0.399. The first-order valence-corrected chi connectivity index (χ1v) is 9.99. The maximum atomic E-state index is 12.3. The molecule has 0 spiro atoms. The van der Waals surface area contributed by atoms with E-state index in [0.717, 1.165) is 23.3 Å². The van der Waals surface area contributed by atoms with Gasteiger partial charge in [0, 0.05) is 11.1 Å². The largest absolute Gasteiger partial charge is 0.494 e. The molecule has 0 aliphatic carbocycles. The van der Waals surface area contributed by atoms with E-state index in [1.165, 1.54) is 5.56 Å². The summed E-state index contributed by atoms with van der Waals surface area (Å²) < 4.78 is 11.5. The lowest BCUT2D eigenvalue weighted by Crippen LogP contribution is -2.17. The molecule has 0 fully saturated rings. The van der Waals surface area contributed by atoms with Crippen molar-refractivity contribution >= 4 is 12.1 Å². The highest BCUT2D eigenvalue weighted by molar-refractivity contribution is 5.95. The summed E-state index contributed by atoms with van der Waals surface area (Å²) in [6.07, 6.45) is 2.52. The molecule has 0 bridgehead atoms. The van der Waals surface area contributed by atoms with Crippen LogP contribution in [-0.4, -0.2) is 18.7 Å². The second-order valence-corrected chi connectivity index (χ2v) is 6.88. The van der Waals surface area contributed by atoms with Gasteiger partial charge in [-0.05, 0) is 55.3 Å². The molecule has 5 nitrogen and oxygen atoms in total. The average Bonchev–Trinajstić information content (AvgIpc) is 2.78. The number of amides is 1. The van der Waals surface area contributed by atoms with Crippen LogP contribution in [0.1, 0.15) is 40.4 Å². The molecule has 3 aromatic carbocycles. The van der Waals surface area contributed by atoms with Crippen LogP contribution in [0.5, 0.6) is 11.5 Å². The Labute approximate surface area is 177 Å². The zero-order chi connectivity index (χ0) is 21.2. The normalized spacial score (nSPS) is 10.7. The maximum Gasteiger partial charge on any atom is 0.271 e. The van der Waals surface area contributed by atoms with Crippen LogP contribution in [0.2, 0.25) is 0 Å². The van der Waals surface area contributed by atoms with Gasteiger partial charge < -0.3 is 9.47 Å². The Kier molecular flexibility index (Phi) is 7.61. The lowest BCUT2D eigenvalue weighted by molar-refractivity contribution is 0.0955. The molecule has 5 heteroatoms. The van der Waals surface area contributed by atoms with Gasteiger partial charge in [0.15, 0.2) is 0 Å². The summed E-state index contributed by atoms with van der Waals surface area (Å²) in [5.74, 6) is 1.16.